The summed E-state index contributed by atoms with van der Waals surface area (Å²) in [6.07, 6.45) is 95.9. The fourth-order valence-electron chi connectivity index (χ4n) is 11.1. The number of hydrogen-bond acceptors (Lipinski definition) is 8. The first kappa shape index (κ1) is 84.5. The molecule has 0 aliphatic heterocycles. The number of carbonyl (C=O) groups excluding carboxylic acids is 2. The highest BCUT2D eigenvalue weighted by Crippen LogP contribution is 2.43. The number of phosphoric ester groups is 1. The summed E-state index contributed by atoms with van der Waals surface area (Å²) in [6.45, 7) is 3.69. The fraction of sp³-hybridized carbons (Fsp3) is 0.818. The lowest BCUT2D eigenvalue weighted by Gasteiger charge is -2.19. The van der Waals surface area contributed by atoms with Crippen LogP contribution in [0.2, 0.25) is 0 Å². The molecule has 0 spiro atoms. The van der Waals surface area contributed by atoms with Gasteiger partial charge in [-0.2, -0.15) is 0 Å². The first-order valence-corrected chi connectivity index (χ1v) is 38.9. The quantitative estimate of drug-likeness (QED) is 0.0264. The second-order valence-corrected chi connectivity index (χ2v) is 26.6. The van der Waals surface area contributed by atoms with E-state index in [0.29, 0.717) is 6.42 Å². The molecule has 0 aromatic heterocycles. The molecule has 9 nitrogen and oxygen atoms in total. The van der Waals surface area contributed by atoms with Crippen molar-refractivity contribution in [2.45, 2.75) is 380 Å². The summed E-state index contributed by atoms with van der Waals surface area (Å²) in [4.78, 5) is 35.4. The minimum absolute atomic E-state index is 0.0546. The van der Waals surface area contributed by atoms with Gasteiger partial charge in [0.2, 0.25) is 0 Å². The maximum Gasteiger partial charge on any atom is 0.472 e. The number of rotatable bonds is 71. The van der Waals surface area contributed by atoms with Crippen molar-refractivity contribution in [3.8, 4) is 0 Å². The Balaban J connectivity index is 3.80. The zero-order chi connectivity index (χ0) is 63.0. The van der Waals surface area contributed by atoms with Gasteiger partial charge in [0, 0.05) is 19.4 Å². The van der Waals surface area contributed by atoms with E-state index in [-0.39, 0.29) is 38.6 Å². The molecule has 0 aliphatic carbocycles. The van der Waals surface area contributed by atoms with E-state index >= 15 is 0 Å². The number of ether oxygens (including phenoxy) is 2. The third kappa shape index (κ3) is 72.4. The summed E-state index contributed by atoms with van der Waals surface area (Å²) < 4.78 is 33.2. The molecule has 2 unspecified atom stereocenters. The monoisotopic (exact) mass is 1240 g/mol. The van der Waals surface area contributed by atoms with Crippen LogP contribution in [0.25, 0.3) is 0 Å². The van der Waals surface area contributed by atoms with E-state index in [1.807, 2.05) is 0 Å². The van der Waals surface area contributed by atoms with Crippen LogP contribution < -0.4 is 5.73 Å². The maximum atomic E-state index is 12.8. The molecule has 0 saturated carbocycles. The summed E-state index contributed by atoms with van der Waals surface area (Å²) in [5.74, 6) is -0.807. The van der Waals surface area contributed by atoms with Crippen LogP contribution in [0.5, 0.6) is 0 Å². The van der Waals surface area contributed by atoms with Crippen molar-refractivity contribution in [1.29, 1.82) is 0 Å². The van der Waals surface area contributed by atoms with Crippen molar-refractivity contribution >= 4 is 19.8 Å². The Kier molecular flexibility index (Phi) is 70.4. The highest BCUT2D eigenvalue weighted by atomic mass is 31.2. The number of allylic oxidation sites excluding steroid dienone is 12. The largest absolute Gasteiger partial charge is 0.472 e. The van der Waals surface area contributed by atoms with Crippen LogP contribution >= 0.6 is 7.82 Å². The minimum atomic E-state index is -4.39. The molecule has 0 rings (SSSR count). The zero-order valence-corrected chi connectivity index (χ0v) is 58.2. The van der Waals surface area contributed by atoms with Gasteiger partial charge in [0.25, 0.3) is 0 Å². The van der Waals surface area contributed by atoms with Gasteiger partial charge in [-0.15, -0.1) is 0 Å². The molecular weight excluding hydrogens is 1100 g/mol. The Morgan fingerprint density at radius 1 is 0.356 bits per heavy atom. The molecule has 0 heterocycles. The molecule has 508 valence electrons. The lowest BCUT2D eigenvalue weighted by Crippen LogP contribution is -2.29. The summed E-state index contributed by atoms with van der Waals surface area (Å²) in [5, 5.41) is 0. The molecule has 0 saturated heterocycles. The SMILES string of the molecule is CC/C=C\C/C=C\C/C=C\C/C=C\C/C=C\CCCCCCCCCCCCCCCCCCCCCCCC(=O)OC(COC(=O)CCCCCCCCCCCCCCCCCCC/C=C\CCCCCCCCCC)COP(=O)(O)OCCN. The van der Waals surface area contributed by atoms with Crippen LogP contribution in [-0.4, -0.2) is 49.3 Å². The second-order valence-electron chi connectivity index (χ2n) is 25.1. The summed E-state index contributed by atoms with van der Waals surface area (Å²) in [6, 6.07) is 0. The molecule has 0 amide bonds. The van der Waals surface area contributed by atoms with Crippen LogP contribution in [0.15, 0.2) is 72.9 Å². The van der Waals surface area contributed by atoms with Crippen molar-refractivity contribution in [1.82, 2.24) is 0 Å². The average Bonchev–Trinajstić information content (AvgIpc) is 3.65. The Bertz CT molecular complexity index is 1660. The summed E-state index contributed by atoms with van der Waals surface area (Å²) in [7, 11) is -4.39. The Morgan fingerprint density at radius 3 is 0.954 bits per heavy atom. The molecule has 2 atom stereocenters. The lowest BCUT2D eigenvalue weighted by molar-refractivity contribution is -0.161. The molecule has 0 aliphatic rings. The van der Waals surface area contributed by atoms with E-state index in [9.17, 15) is 19.0 Å². The smallest absolute Gasteiger partial charge is 0.462 e. The Morgan fingerprint density at radius 2 is 0.632 bits per heavy atom. The van der Waals surface area contributed by atoms with Gasteiger partial charge >= 0.3 is 19.8 Å². The van der Waals surface area contributed by atoms with Gasteiger partial charge in [-0.1, -0.05) is 350 Å². The van der Waals surface area contributed by atoms with Crippen LogP contribution in [0.4, 0.5) is 0 Å². The predicted molar refractivity (Wildman–Crippen MR) is 376 cm³/mol. The summed E-state index contributed by atoms with van der Waals surface area (Å²) >= 11 is 0. The molecule has 87 heavy (non-hydrogen) atoms. The first-order chi connectivity index (χ1) is 42.8. The van der Waals surface area contributed by atoms with Crippen molar-refractivity contribution in [2.75, 3.05) is 26.4 Å². The van der Waals surface area contributed by atoms with Crippen molar-refractivity contribution in [3.05, 3.63) is 72.9 Å². The van der Waals surface area contributed by atoms with Gasteiger partial charge in [-0.25, -0.2) is 4.57 Å². The van der Waals surface area contributed by atoms with Crippen molar-refractivity contribution in [2.24, 2.45) is 5.73 Å². The van der Waals surface area contributed by atoms with Gasteiger partial charge in [-0.05, 0) is 83.5 Å². The lowest BCUT2D eigenvalue weighted by atomic mass is 10.0. The van der Waals surface area contributed by atoms with Crippen LogP contribution in [0, 0.1) is 0 Å². The number of carbonyl (C=O) groups is 2. The predicted octanol–water partition coefficient (Wildman–Crippen LogP) is 24.8. The van der Waals surface area contributed by atoms with E-state index in [1.54, 1.807) is 0 Å². The van der Waals surface area contributed by atoms with Crippen molar-refractivity contribution < 1.29 is 37.6 Å². The standard InChI is InChI=1S/C77H142NO8P/c1-3-5-7-9-11-13-15-17-19-21-23-25-27-29-31-33-34-35-36-37-38-39-40-42-44-46-48-50-52-54-56-58-60-62-64-66-68-70-77(80)86-75(74-85-87(81,82)84-72-71-78)73-83-76(79)69-67-65-63-61-59-57-55-53-51-49-47-45-43-41-32-30-28-26-24-22-20-18-16-14-12-10-8-6-4-2/h5,7,11,13,17,19,22-25,29,31,75H,3-4,6,8-10,12,14-16,18,20-21,26-28,30,32-74,78H2,1-2H3,(H,81,82)/b7-5-,13-11-,19-17-,24-22-,25-23-,31-29-. The van der Waals surface area contributed by atoms with E-state index in [1.165, 1.54) is 276 Å². The van der Waals surface area contributed by atoms with Crippen LogP contribution in [0.3, 0.4) is 0 Å². The number of unbranched alkanes of at least 4 members (excludes halogenated alkanes) is 46. The first-order valence-electron chi connectivity index (χ1n) is 37.4. The molecule has 0 fully saturated rings. The maximum absolute atomic E-state index is 12.8. The highest BCUT2D eigenvalue weighted by molar-refractivity contribution is 7.47. The minimum Gasteiger partial charge on any atom is -0.462 e. The van der Waals surface area contributed by atoms with E-state index in [4.69, 9.17) is 24.3 Å². The molecular formula is C77H142NO8P. The molecule has 0 radical (unpaired) electrons. The fourth-order valence-corrected chi connectivity index (χ4v) is 11.8. The van der Waals surface area contributed by atoms with Gasteiger partial charge in [0.15, 0.2) is 6.10 Å². The highest BCUT2D eigenvalue weighted by Gasteiger charge is 2.26. The number of nitrogens with two attached hydrogens (primary N) is 1. The molecule has 0 bridgehead atoms. The molecule has 10 heteroatoms. The van der Waals surface area contributed by atoms with Gasteiger partial charge in [0.05, 0.1) is 13.2 Å². The summed E-state index contributed by atoms with van der Waals surface area (Å²) in [5.41, 5.74) is 5.41. The molecule has 0 aromatic carbocycles. The van der Waals surface area contributed by atoms with Gasteiger partial charge in [0.1, 0.15) is 6.61 Å². The third-order valence-corrected chi connectivity index (χ3v) is 17.6. The Hall–Kier alpha value is -2.55. The normalized spacial score (nSPS) is 13.3. The molecule has 0 aromatic rings. The second kappa shape index (κ2) is 72.5. The van der Waals surface area contributed by atoms with E-state index in [0.717, 1.165) is 64.2 Å². The number of esters is 2. The number of phosphoric acid groups is 1. The van der Waals surface area contributed by atoms with Crippen molar-refractivity contribution in [3.63, 3.8) is 0 Å². The average molecular weight is 1240 g/mol. The van der Waals surface area contributed by atoms with Crippen LogP contribution in [-0.2, 0) is 32.7 Å². The van der Waals surface area contributed by atoms with Crippen LogP contribution in [0.1, 0.15) is 373 Å². The zero-order valence-electron chi connectivity index (χ0n) is 57.3. The topological polar surface area (TPSA) is 134 Å². The van der Waals surface area contributed by atoms with Gasteiger partial charge < -0.3 is 20.1 Å². The number of hydrogen-bond donors (Lipinski definition) is 2. The van der Waals surface area contributed by atoms with E-state index < -0.39 is 26.5 Å². The third-order valence-electron chi connectivity index (χ3n) is 16.6. The van der Waals surface area contributed by atoms with E-state index in [2.05, 4.69) is 86.8 Å². The van der Waals surface area contributed by atoms with Gasteiger partial charge in [-0.3, -0.25) is 18.6 Å². The Labute approximate surface area is 539 Å². The molecule has 3 N–H and O–H groups in total.